The number of thiazole rings is 1. The lowest BCUT2D eigenvalue weighted by Gasteiger charge is -2.05. The van der Waals surface area contributed by atoms with E-state index < -0.39 is 0 Å². The second-order valence-corrected chi connectivity index (χ2v) is 7.57. The summed E-state index contributed by atoms with van der Waals surface area (Å²) in [6, 6.07) is 10.8. The van der Waals surface area contributed by atoms with Crippen molar-refractivity contribution in [2.75, 3.05) is 0 Å². The topological polar surface area (TPSA) is 60.9 Å². The first-order valence-corrected chi connectivity index (χ1v) is 9.67. The third kappa shape index (κ3) is 2.42. The molecule has 0 spiro atoms. The van der Waals surface area contributed by atoms with Crippen molar-refractivity contribution in [1.82, 2.24) is 29.6 Å². The van der Waals surface area contributed by atoms with Crippen molar-refractivity contribution < 1.29 is 0 Å². The maximum atomic E-state index is 4.82. The number of aromatic nitrogens is 6. The van der Waals surface area contributed by atoms with Crippen LogP contribution in [-0.4, -0.2) is 29.6 Å². The molecule has 3 heterocycles. The van der Waals surface area contributed by atoms with Gasteiger partial charge in [0.05, 0.1) is 17.4 Å². The van der Waals surface area contributed by atoms with Crippen LogP contribution in [0.15, 0.2) is 47.1 Å². The van der Waals surface area contributed by atoms with Gasteiger partial charge in [-0.3, -0.25) is 4.40 Å². The smallest absolute Gasteiger partial charge is 0.209 e. The van der Waals surface area contributed by atoms with Gasteiger partial charge >= 0.3 is 0 Å². The summed E-state index contributed by atoms with van der Waals surface area (Å²) in [4.78, 5) is 5.84. The van der Waals surface area contributed by atoms with Gasteiger partial charge in [0.15, 0.2) is 4.96 Å². The predicted octanol–water partition coefficient (Wildman–Crippen LogP) is 3.68. The Bertz CT molecular complexity index is 983. The highest BCUT2D eigenvalue weighted by atomic mass is 32.2. The molecule has 0 unspecified atom stereocenters. The number of hydrogen-bond acceptors (Lipinski definition) is 6. The Kier molecular flexibility index (Phi) is 3.37. The number of imidazole rings is 1. The molecule has 1 aliphatic rings. The highest BCUT2D eigenvalue weighted by Gasteiger charge is 2.28. The van der Waals surface area contributed by atoms with E-state index in [0.29, 0.717) is 6.04 Å². The summed E-state index contributed by atoms with van der Waals surface area (Å²) < 4.78 is 4.13. The third-order valence-corrected chi connectivity index (χ3v) is 5.80. The molecule has 0 saturated heterocycles. The van der Waals surface area contributed by atoms with Crippen LogP contribution in [0, 0.1) is 0 Å². The Labute approximate surface area is 146 Å². The van der Waals surface area contributed by atoms with Crippen LogP contribution in [0.1, 0.15) is 24.6 Å². The Morgan fingerprint density at radius 1 is 1.21 bits per heavy atom. The van der Waals surface area contributed by atoms with E-state index in [4.69, 9.17) is 4.98 Å². The van der Waals surface area contributed by atoms with Crippen LogP contribution in [0.4, 0.5) is 0 Å². The van der Waals surface area contributed by atoms with Crippen LogP contribution >= 0.6 is 23.1 Å². The fourth-order valence-electron chi connectivity index (χ4n) is 2.76. The Balaban J connectivity index is 1.51. The number of benzene rings is 1. The van der Waals surface area contributed by atoms with Gasteiger partial charge in [-0.05, 0) is 23.3 Å². The van der Waals surface area contributed by atoms with Gasteiger partial charge in [0.1, 0.15) is 0 Å². The first-order chi connectivity index (χ1) is 11.9. The molecule has 6 nitrogen and oxygen atoms in total. The number of nitrogens with zero attached hydrogens (tertiary/aromatic N) is 6. The zero-order valence-electron chi connectivity index (χ0n) is 12.7. The lowest BCUT2D eigenvalue weighted by atomic mass is 10.1. The molecule has 4 aromatic rings. The highest BCUT2D eigenvalue weighted by Crippen LogP contribution is 2.37. The van der Waals surface area contributed by atoms with E-state index in [-0.39, 0.29) is 0 Å². The van der Waals surface area contributed by atoms with Gasteiger partial charge in [-0.25, -0.2) is 9.67 Å². The monoisotopic (exact) mass is 354 g/mol. The second-order valence-electron chi connectivity index (χ2n) is 5.75. The summed E-state index contributed by atoms with van der Waals surface area (Å²) in [5.41, 5.74) is 3.37. The molecule has 0 bridgehead atoms. The number of hydrogen-bond donors (Lipinski definition) is 0. The average molecular weight is 354 g/mol. The highest BCUT2D eigenvalue weighted by molar-refractivity contribution is 7.98. The molecular formula is C16H14N6S2. The molecule has 24 heavy (non-hydrogen) atoms. The average Bonchev–Trinajstić information content (AvgIpc) is 3.05. The van der Waals surface area contributed by atoms with E-state index in [9.17, 15) is 0 Å². The van der Waals surface area contributed by atoms with Crippen LogP contribution in [0.25, 0.3) is 16.2 Å². The minimum atomic E-state index is 0.489. The fourth-order valence-corrected chi connectivity index (χ4v) is 4.45. The van der Waals surface area contributed by atoms with Crippen LogP contribution in [0.2, 0.25) is 0 Å². The molecule has 1 aromatic carbocycles. The third-order valence-electron chi connectivity index (χ3n) is 4.10. The molecule has 0 atom stereocenters. The minimum Gasteiger partial charge on any atom is -0.293 e. The molecule has 120 valence electrons. The van der Waals surface area contributed by atoms with Crippen molar-refractivity contribution in [3.63, 3.8) is 0 Å². The fraction of sp³-hybridized carbons (Fsp3) is 0.250. The molecule has 5 rings (SSSR count). The quantitative estimate of drug-likeness (QED) is 0.512. The van der Waals surface area contributed by atoms with Gasteiger partial charge in [0, 0.05) is 22.9 Å². The van der Waals surface area contributed by atoms with E-state index in [1.165, 1.54) is 18.5 Å². The van der Waals surface area contributed by atoms with E-state index in [1.54, 1.807) is 23.1 Å². The molecule has 0 amide bonds. The number of fused-ring (bicyclic) bond motifs is 1. The first kappa shape index (κ1) is 14.2. The zero-order chi connectivity index (χ0) is 15.9. The molecule has 8 heteroatoms. The van der Waals surface area contributed by atoms with Gasteiger partial charge in [-0.1, -0.05) is 42.1 Å². The van der Waals surface area contributed by atoms with Crippen molar-refractivity contribution in [2.45, 2.75) is 29.8 Å². The van der Waals surface area contributed by atoms with Crippen molar-refractivity contribution in [1.29, 1.82) is 0 Å². The molecule has 0 radical (unpaired) electrons. The first-order valence-electron chi connectivity index (χ1n) is 7.80. The van der Waals surface area contributed by atoms with E-state index in [1.807, 2.05) is 22.9 Å². The summed E-state index contributed by atoms with van der Waals surface area (Å²) in [5, 5.41) is 15.1. The maximum Gasteiger partial charge on any atom is 0.209 e. The van der Waals surface area contributed by atoms with E-state index >= 15 is 0 Å². The van der Waals surface area contributed by atoms with Gasteiger partial charge < -0.3 is 0 Å². The molecular weight excluding hydrogens is 340 g/mol. The van der Waals surface area contributed by atoms with E-state index in [2.05, 4.69) is 43.6 Å². The standard InChI is InChI=1S/C16H14N6S2/c1-2-4-11(5-3-1)14-13(21-8-9-23-15(21)17-14)10-24-16-18-19-20-22(16)12-6-7-12/h1-5,8-9,12H,6-7,10H2. The summed E-state index contributed by atoms with van der Waals surface area (Å²) in [6.45, 7) is 0. The second kappa shape index (κ2) is 5.71. The molecule has 3 aromatic heterocycles. The summed E-state index contributed by atoms with van der Waals surface area (Å²) in [7, 11) is 0. The van der Waals surface area contributed by atoms with Crippen LogP contribution < -0.4 is 0 Å². The Morgan fingerprint density at radius 2 is 2.08 bits per heavy atom. The van der Waals surface area contributed by atoms with Crippen molar-refractivity contribution in [3.8, 4) is 11.3 Å². The molecule has 0 aliphatic heterocycles. The summed E-state index contributed by atoms with van der Waals surface area (Å²) in [6.07, 6.45) is 4.43. The number of rotatable bonds is 5. The van der Waals surface area contributed by atoms with Gasteiger partial charge in [0.25, 0.3) is 0 Å². The Hall–Kier alpha value is -2.19. The van der Waals surface area contributed by atoms with Gasteiger partial charge in [-0.2, -0.15) is 0 Å². The lowest BCUT2D eigenvalue weighted by Crippen LogP contribution is -1.99. The van der Waals surface area contributed by atoms with Crippen molar-refractivity contribution in [3.05, 3.63) is 47.6 Å². The minimum absolute atomic E-state index is 0.489. The van der Waals surface area contributed by atoms with Crippen LogP contribution in [0.3, 0.4) is 0 Å². The van der Waals surface area contributed by atoms with Gasteiger partial charge in [0.2, 0.25) is 5.16 Å². The number of thioether (sulfide) groups is 1. The van der Waals surface area contributed by atoms with Crippen LogP contribution in [-0.2, 0) is 5.75 Å². The maximum absolute atomic E-state index is 4.82. The molecule has 1 aliphatic carbocycles. The van der Waals surface area contributed by atoms with E-state index in [0.717, 1.165) is 27.1 Å². The number of tetrazole rings is 1. The van der Waals surface area contributed by atoms with Crippen LogP contribution in [0.5, 0.6) is 0 Å². The summed E-state index contributed by atoms with van der Waals surface area (Å²) >= 11 is 3.33. The summed E-state index contributed by atoms with van der Waals surface area (Å²) in [5.74, 6) is 0.787. The predicted molar refractivity (Wildman–Crippen MR) is 94.2 cm³/mol. The SMILES string of the molecule is c1ccc(-c2nc3sccn3c2CSc2nnnn2C2CC2)cc1. The lowest BCUT2D eigenvalue weighted by molar-refractivity contribution is 0.565. The normalized spacial score (nSPS) is 14.5. The Morgan fingerprint density at radius 3 is 2.92 bits per heavy atom. The van der Waals surface area contributed by atoms with Gasteiger partial charge in [-0.15, -0.1) is 16.4 Å². The molecule has 0 N–H and O–H groups in total. The largest absolute Gasteiger partial charge is 0.293 e. The van der Waals surface area contributed by atoms with Crippen molar-refractivity contribution >= 4 is 28.1 Å². The molecule has 1 saturated carbocycles. The van der Waals surface area contributed by atoms with Crippen molar-refractivity contribution in [2.24, 2.45) is 0 Å². The zero-order valence-corrected chi connectivity index (χ0v) is 14.4. The molecule has 1 fully saturated rings.